The predicted molar refractivity (Wildman–Crippen MR) is 95.9 cm³/mol. The summed E-state index contributed by atoms with van der Waals surface area (Å²) in [5, 5.41) is 0. The maximum atomic E-state index is 13.0. The van der Waals surface area contributed by atoms with Crippen molar-refractivity contribution in [1.82, 2.24) is 0 Å². The van der Waals surface area contributed by atoms with Crippen molar-refractivity contribution in [3.63, 3.8) is 0 Å². The Bertz CT molecular complexity index is 458. The van der Waals surface area contributed by atoms with Crippen molar-refractivity contribution in [1.29, 1.82) is 0 Å². The van der Waals surface area contributed by atoms with E-state index in [0.717, 1.165) is 31.6 Å². The summed E-state index contributed by atoms with van der Waals surface area (Å²) in [6, 6.07) is 6.49. The number of ether oxygens (including phenoxy) is 1. The maximum Gasteiger partial charge on any atom is 0.124 e. The van der Waals surface area contributed by atoms with Gasteiger partial charge in [-0.25, -0.2) is 4.39 Å². The van der Waals surface area contributed by atoms with Gasteiger partial charge in [-0.15, -0.1) is 0 Å². The topological polar surface area (TPSA) is 9.23 Å². The van der Waals surface area contributed by atoms with E-state index in [0.29, 0.717) is 0 Å². The minimum absolute atomic E-state index is 0.213. The molecule has 0 fully saturated rings. The smallest absolute Gasteiger partial charge is 0.124 e. The quantitative estimate of drug-likeness (QED) is 0.333. The number of halogens is 1. The van der Waals surface area contributed by atoms with E-state index in [9.17, 15) is 4.39 Å². The zero-order valence-electron chi connectivity index (χ0n) is 14.6. The summed E-state index contributed by atoms with van der Waals surface area (Å²) in [6.07, 6.45) is 12.5. The number of hydrogen-bond acceptors (Lipinski definition) is 1. The molecule has 0 amide bonds. The number of hydrogen-bond donors (Lipinski definition) is 0. The van der Waals surface area contributed by atoms with Crippen LogP contribution in [-0.2, 0) is 4.74 Å². The Hall–Kier alpha value is -1.33. The Labute approximate surface area is 141 Å². The normalized spacial score (nSPS) is 10.3. The van der Waals surface area contributed by atoms with Crippen LogP contribution in [0.2, 0.25) is 0 Å². The summed E-state index contributed by atoms with van der Waals surface area (Å²) in [7, 11) is 0. The first kappa shape index (κ1) is 19.7. The van der Waals surface area contributed by atoms with Crippen molar-refractivity contribution >= 4 is 0 Å². The lowest BCUT2D eigenvalue weighted by Crippen LogP contribution is -1.92. The molecule has 0 aliphatic carbocycles. The Morgan fingerprint density at radius 3 is 2.22 bits per heavy atom. The fourth-order valence-corrected chi connectivity index (χ4v) is 2.53. The Morgan fingerprint density at radius 1 is 0.913 bits per heavy atom. The molecule has 0 saturated heterocycles. The van der Waals surface area contributed by atoms with Crippen LogP contribution in [0.5, 0.6) is 0 Å². The van der Waals surface area contributed by atoms with Gasteiger partial charge in [0.25, 0.3) is 0 Å². The Balaban J connectivity index is 1.87. The third kappa shape index (κ3) is 11.8. The molecule has 1 aromatic rings. The van der Waals surface area contributed by atoms with Crippen LogP contribution in [0.25, 0.3) is 0 Å². The van der Waals surface area contributed by atoms with E-state index in [1.54, 1.807) is 6.07 Å². The summed E-state index contributed by atoms with van der Waals surface area (Å²) in [5.74, 6) is 5.95. The summed E-state index contributed by atoms with van der Waals surface area (Å²) in [4.78, 5) is 0. The highest BCUT2D eigenvalue weighted by molar-refractivity contribution is 5.34. The first-order valence-electron chi connectivity index (χ1n) is 9.15. The van der Waals surface area contributed by atoms with Gasteiger partial charge in [0.1, 0.15) is 5.82 Å². The summed E-state index contributed by atoms with van der Waals surface area (Å²) >= 11 is 0. The monoisotopic (exact) mass is 318 g/mol. The highest BCUT2D eigenvalue weighted by Gasteiger charge is 1.93. The molecule has 0 radical (unpaired) electrons. The molecule has 0 unspecified atom stereocenters. The van der Waals surface area contributed by atoms with Crippen LogP contribution in [0.1, 0.15) is 76.7 Å². The van der Waals surface area contributed by atoms with E-state index in [4.69, 9.17) is 4.74 Å². The molecule has 0 bridgehead atoms. The van der Waals surface area contributed by atoms with Gasteiger partial charge in [0.2, 0.25) is 0 Å². The third-order valence-corrected chi connectivity index (χ3v) is 3.85. The van der Waals surface area contributed by atoms with Gasteiger partial charge in [-0.1, -0.05) is 62.9 Å². The zero-order valence-corrected chi connectivity index (χ0v) is 14.6. The molecule has 1 nitrogen and oxygen atoms in total. The minimum atomic E-state index is -0.213. The average molecular weight is 318 g/mol. The van der Waals surface area contributed by atoms with Crippen LogP contribution in [0, 0.1) is 17.7 Å². The summed E-state index contributed by atoms with van der Waals surface area (Å²) in [6.45, 7) is 3.81. The van der Waals surface area contributed by atoms with Crippen LogP contribution in [0.15, 0.2) is 24.3 Å². The van der Waals surface area contributed by atoms with Crippen molar-refractivity contribution in [2.75, 3.05) is 13.2 Å². The molecule has 0 N–H and O–H groups in total. The van der Waals surface area contributed by atoms with Crippen molar-refractivity contribution in [3.8, 4) is 11.8 Å². The van der Waals surface area contributed by atoms with Gasteiger partial charge < -0.3 is 4.74 Å². The van der Waals surface area contributed by atoms with E-state index >= 15 is 0 Å². The van der Waals surface area contributed by atoms with Crippen molar-refractivity contribution in [2.45, 2.75) is 71.1 Å². The highest BCUT2D eigenvalue weighted by Crippen LogP contribution is 2.10. The van der Waals surface area contributed by atoms with E-state index in [2.05, 4.69) is 11.8 Å². The average Bonchev–Trinajstić information content (AvgIpc) is 2.55. The molecule has 0 spiro atoms. The minimum Gasteiger partial charge on any atom is -0.382 e. The molecular weight excluding hydrogens is 287 g/mol. The third-order valence-electron chi connectivity index (χ3n) is 3.85. The first-order valence-corrected chi connectivity index (χ1v) is 9.15. The molecule has 0 aromatic heterocycles. The molecule has 128 valence electrons. The largest absolute Gasteiger partial charge is 0.382 e. The molecule has 0 saturated carbocycles. The maximum absolute atomic E-state index is 13.0. The van der Waals surface area contributed by atoms with Gasteiger partial charge in [-0.2, -0.15) is 0 Å². The molecule has 0 atom stereocenters. The standard InChI is InChI=1S/C21H31FO/c1-2-23-18-13-11-9-7-5-3-4-6-8-10-12-15-20-16-14-17-21(22)19-20/h14,16-17,19H,2-11,13,18H2,1H3. The molecule has 0 aliphatic rings. The fraction of sp³-hybridized carbons (Fsp3) is 0.619. The van der Waals surface area contributed by atoms with Gasteiger partial charge in [0.15, 0.2) is 0 Å². The zero-order chi connectivity index (χ0) is 16.6. The van der Waals surface area contributed by atoms with Crippen molar-refractivity contribution < 1.29 is 9.13 Å². The van der Waals surface area contributed by atoms with E-state index in [1.165, 1.54) is 63.5 Å². The fourth-order valence-electron chi connectivity index (χ4n) is 2.53. The van der Waals surface area contributed by atoms with E-state index in [-0.39, 0.29) is 5.82 Å². The lowest BCUT2D eigenvalue weighted by atomic mass is 10.1. The molecule has 2 heteroatoms. The van der Waals surface area contributed by atoms with Crippen LogP contribution >= 0.6 is 0 Å². The van der Waals surface area contributed by atoms with Crippen LogP contribution in [0.4, 0.5) is 4.39 Å². The molecule has 23 heavy (non-hydrogen) atoms. The van der Waals surface area contributed by atoms with E-state index < -0.39 is 0 Å². The lowest BCUT2D eigenvalue weighted by Gasteiger charge is -2.02. The second kappa shape index (κ2) is 14.3. The number of rotatable bonds is 12. The molecule has 1 rings (SSSR count). The SMILES string of the molecule is CCOCCCCCCCCCCCC#Cc1cccc(F)c1. The predicted octanol–water partition coefficient (Wildman–Crippen LogP) is 6.11. The number of benzene rings is 1. The second-order valence-electron chi connectivity index (χ2n) is 5.94. The van der Waals surface area contributed by atoms with Gasteiger partial charge >= 0.3 is 0 Å². The molecule has 0 heterocycles. The van der Waals surface area contributed by atoms with Crippen LogP contribution in [0.3, 0.4) is 0 Å². The van der Waals surface area contributed by atoms with Gasteiger partial charge in [-0.05, 0) is 38.0 Å². The lowest BCUT2D eigenvalue weighted by molar-refractivity contribution is 0.143. The summed E-state index contributed by atoms with van der Waals surface area (Å²) < 4.78 is 18.3. The molecular formula is C21H31FO. The van der Waals surface area contributed by atoms with Crippen LogP contribution in [-0.4, -0.2) is 13.2 Å². The van der Waals surface area contributed by atoms with Gasteiger partial charge in [0.05, 0.1) is 0 Å². The summed E-state index contributed by atoms with van der Waals surface area (Å²) in [5.41, 5.74) is 0.773. The molecule has 1 aromatic carbocycles. The first-order chi connectivity index (χ1) is 11.3. The Kier molecular flexibility index (Phi) is 12.2. The van der Waals surface area contributed by atoms with E-state index in [1.807, 2.05) is 13.0 Å². The second-order valence-corrected chi connectivity index (χ2v) is 5.94. The number of unbranched alkanes of at least 4 members (excludes halogenated alkanes) is 9. The highest BCUT2D eigenvalue weighted by atomic mass is 19.1. The van der Waals surface area contributed by atoms with Gasteiger partial charge in [0, 0.05) is 25.2 Å². The van der Waals surface area contributed by atoms with Crippen LogP contribution < -0.4 is 0 Å². The van der Waals surface area contributed by atoms with Crippen molar-refractivity contribution in [3.05, 3.63) is 35.6 Å². The molecule has 0 aliphatic heterocycles. The van der Waals surface area contributed by atoms with Crippen molar-refractivity contribution in [2.24, 2.45) is 0 Å². The Morgan fingerprint density at radius 2 is 1.57 bits per heavy atom. The van der Waals surface area contributed by atoms with Gasteiger partial charge in [-0.3, -0.25) is 0 Å².